The van der Waals surface area contributed by atoms with Crippen molar-refractivity contribution in [2.45, 2.75) is 25.7 Å². The van der Waals surface area contributed by atoms with Crippen LogP contribution in [0.3, 0.4) is 0 Å². The number of benzene rings is 1. The molecule has 1 rings (SSSR count). The summed E-state index contributed by atoms with van der Waals surface area (Å²) in [5.74, 6) is 1.23. The molecule has 1 unspecified atom stereocenters. The highest BCUT2D eigenvalue weighted by molar-refractivity contribution is 8.21. The monoisotopic (exact) mass is 268 g/mol. The molecule has 1 N–H and O–H groups in total. The summed E-state index contributed by atoms with van der Waals surface area (Å²) in [5, 5.41) is 9.82. The molecule has 0 aliphatic rings. The zero-order valence-corrected chi connectivity index (χ0v) is 12.2. The molecule has 0 radical (unpaired) electrons. The van der Waals surface area contributed by atoms with E-state index in [-0.39, 0.29) is 12.0 Å². The first kappa shape index (κ1) is 14.7. The van der Waals surface area contributed by atoms with Gasteiger partial charge in [-0.3, -0.25) is 0 Å². The molecule has 0 fully saturated rings. The highest BCUT2D eigenvalue weighted by atomic mass is 32.2. The van der Waals surface area contributed by atoms with Crippen LogP contribution in [0, 0.1) is 5.92 Å². The van der Waals surface area contributed by atoms with Crippen molar-refractivity contribution in [3.8, 4) is 0 Å². The van der Waals surface area contributed by atoms with Gasteiger partial charge in [0.25, 0.3) is 0 Å². The van der Waals surface area contributed by atoms with Crippen molar-refractivity contribution < 1.29 is 5.11 Å². The summed E-state index contributed by atoms with van der Waals surface area (Å²) in [6.45, 7) is 4.06. The summed E-state index contributed by atoms with van der Waals surface area (Å²) in [6, 6.07) is 10.4. The van der Waals surface area contributed by atoms with Gasteiger partial charge in [-0.05, 0) is 23.8 Å². The van der Waals surface area contributed by atoms with Crippen LogP contribution in [0.1, 0.15) is 19.4 Å². The minimum atomic E-state index is -0.347. The van der Waals surface area contributed by atoms with Gasteiger partial charge in [0, 0.05) is 9.99 Å². The minimum absolute atomic E-state index is 0.273. The van der Waals surface area contributed by atoms with E-state index in [0.717, 1.165) is 5.75 Å². The number of aliphatic hydroxyl groups excluding tert-OH is 1. The Kier molecular flexibility index (Phi) is 6.78. The molecule has 0 aliphatic heterocycles. The fraction of sp³-hybridized carbons (Fsp3) is 0.429. The molecule has 17 heavy (non-hydrogen) atoms. The molecule has 3 heteroatoms. The lowest BCUT2D eigenvalue weighted by Crippen LogP contribution is -2.11. The van der Waals surface area contributed by atoms with E-state index in [1.165, 1.54) is 9.80 Å². The van der Waals surface area contributed by atoms with Crippen LogP contribution >= 0.6 is 23.5 Å². The van der Waals surface area contributed by atoms with E-state index >= 15 is 0 Å². The molecule has 0 aromatic heterocycles. The average Bonchev–Trinajstić information content (AvgIpc) is 2.35. The standard InChI is InChI=1S/C14H20OS2/c1-11(2)13(15)9-14(16-3)17-10-12-7-5-4-6-8-12/h4-9,11,13,15H,10H2,1-3H3/b14-9+. The molecule has 94 valence electrons. The van der Waals surface area contributed by atoms with E-state index in [1.54, 1.807) is 23.5 Å². The van der Waals surface area contributed by atoms with Gasteiger partial charge >= 0.3 is 0 Å². The summed E-state index contributed by atoms with van der Waals surface area (Å²) in [7, 11) is 0. The molecular formula is C14H20OS2. The number of rotatable bonds is 6. The first-order valence-electron chi connectivity index (χ1n) is 5.74. The summed E-state index contributed by atoms with van der Waals surface area (Å²) in [6.07, 6.45) is 3.67. The van der Waals surface area contributed by atoms with Crippen molar-refractivity contribution >= 4 is 23.5 Å². The van der Waals surface area contributed by atoms with Gasteiger partial charge in [0.1, 0.15) is 0 Å². The lowest BCUT2D eigenvalue weighted by Gasteiger charge is -2.12. The van der Waals surface area contributed by atoms with Gasteiger partial charge in [-0.25, -0.2) is 0 Å². The van der Waals surface area contributed by atoms with E-state index in [1.807, 2.05) is 26.0 Å². The van der Waals surface area contributed by atoms with Gasteiger partial charge in [0.2, 0.25) is 0 Å². The predicted molar refractivity (Wildman–Crippen MR) is 80.2 cm³/mol. The molecule has 0 saturated heterocycles. The second-order valence-corrected chi connectivity index (χ2v) is 6.32. The first-order chi connectivity index (χ1) is 8.13. The zero-order chi connectivity index (χ0) is 12.7. The topological polar surface area (TPSA) is 20.2 Å². The normalized spacial score (nSPS) is 14.1. The second-order valence-electron chi connectivity index (χ2n) is 4.20. The van der Waals surface area contributed by atoms with Crippen molar-refractivity contribution in [2.24, 2.45) is 5.92 Å². The molecule has 1 nitrogen and oxygen atoms in total. The van der Waals surface area contributed by atoms with Gasteiger partial charge in [-0.15, -0.1) is 23.5 Å². The van der Waals surface area contributed by atoms with E-state index in [0.29, 0.717) is 0 Å². The highest BCUT2D eigenvalue weighted by Gasteiger charge is 2.07. The third-order valence-corrected chi connectivity index (χ3v) is 4.71. The maximum absolute atomic E-state index is 9.82. The van der Waals surface area contributed by atoms with Gasteiger partial charge in [0.05, 0.1) is 6.10 Å². The molecule has 0 heterocycles. The lowest BCUT2D eigenvalue weighted by molar-refractivity contribution is 0.172. The maximum Gasteiger partial charge on any atom is 0.0762 e. The second kappa shape index (κ2) is 7.85. The molecule has 0 saturated carbocycles. The van der Waals surface area contributed by atoms with Gasteiger partial charge < -0.3 is 5.11 Å². The number of hydrogen-bond donors (Lipinski definition) is 1. The van der Waals surface area contributed by atoms with Crippen LogP contribution < -0.4 is 0 Å². The van der Waals surface area contributed by atoms with E-state index < -0.39 is 0 Å². The highest BCUT2D eigenvalue weighted by Crippen LogP contribution is 2.30. The summed E-state index contributed by atoms with van der Waals surface area (Å²) < 4.78 is 1.19. The predicted octanol–water partition coefficient (Wildman–Crippen LogP) is 4.14. The smallest absolute Gasteiger partial charge is 0.0762 e. The van der Waals surface area contributed by atoms with Crippen LogP contribution in [0.25, 0.3) is 0 Å². The molecule has 1 aromatic carbocycles. The first-order valence-corrected chi connectivity index (χ1v) is 7.95. The Morgan fingerprint density at radius 2 is 1.94 bits per heavy atom. The summed E-state index contributed by atoms with van der Waals surface area (Å²) >= 11 is 3.48. The zero-order valence-electron chi connectivity index (χ0n) is 10.6. The SMILES string of the molecule is CS/C(=C\C(O)C(C)C)SCc1ccccc1. The quantitative estimate of drug-likeness (QED) is 0.837. The molecule has 1 atom stereocenters. The fourth-order valence-corrected chi connectivity index (χ4v) is 2.90. The molecule has 1 aromatic rings. The summed E-state index contributed by atoms with van der Waals surface area (Å²) in [4.78, 5) is 0. The van der Waals surface area contributed by atoms with Crippen LogP contribution in [-0.4, -0.2) is 17.5 Å². The van der Waals surface area contributed by atoms with Crippen LogP contribution in [-0.2, 0) is 5.75 Å². The Morgan fingerprint density at radius 1 is 1.29 bits per heavy atom. The van der Waals surface area contributed by atoms with Crippen molar-refractivity contribution in [3.05, 3.63) is 46.2 Å². The van der Waals surface area contributed by atoms with E-state index in [9.17, 15) is 5.11 Å². The van der Waals surface area contributed by atoms with Crippen molar-refractivity contribution in [1.82, 2.24) is 0 Å². The third-order valence-electron chi connectivity index (χ3n) is 2.41. The summed E-state index contributed by atoms with van der Waals surface area (Å²) in [5.41, 5.74) is 1.32. The van der Waals surface area contributed by atoms with E-state index in [2.05, 4.69) is 30.5 Å². The Morgan fingerprint density at radius 3 is 2.47 bits per heavy atom. The molecule has 0 bridgehead atoms. The van der Waals surface area contributed by atoms with E-state index in [4.69, 9.17) is 0 Å². The van der Waals surface area contributed by atoms with Crippen LogP contribution in [0.4, 0.5) is 0 Å². The molecule has 0 amide bonds. The van der Waals surface area contributed by atoms with Crippen LogP contribution in [0.2, 0.25) is 0 Å². The number of thioether (sulfide) groups is 2. The molecule has 0 aliphatic carbocycles. The number of hydrogen-bond acceptors (Lipinski definition) is 3. The van der Waals surface area contributed by atoms with Crippen molar-refractivity contribution in [2.75, 3.05) is 6.26 Å². The van der Waals surface area contributed by atoms with Crippen LogP contribution in [0.5, 0.6) is 0 Å². The van der Waals surface area contributed by atoms with Gasteiger partial charge in [0.15, 0.2) is 0 Å². The van der Waals surface area contributed by atoms with Crippen molar-refractivity contribution in [1.29, 1.82) is 0 Å². The molecular weight excluding hydrogens is 248 g/mol. The minimum Gasteiger partial charge on any atom is -0.389 e. The Hall–Kier alpha value is -0.380. The third kappa shape index (κ3) is 5.66. The Bertz CT molecular complexity index is 346. The Labute approximate surface area is 113 Å². The van der Waals surface area contributed by atoms with Crippen LogP contribution in [0.15, 0.2) is 40.6 Å². The van der Waals surface area contributed by atoms with Gasteiger partial charge in [-0.2, -0.15) is 0 Å². The maximum atomic E-state index is 9.82. The molecule has 0 spiro atoms. The van der Waals surface area contributed by atoms with Crippen molar-refractivity contribution in [3.63, 3.8) is 0 Å². The largest absolute Gasteiger partial charge is 0.389 e. The van der Waals surface area contributed by atoms with Gasteiger partial charge in [-0.1, -0.05) is 44.2 Å². The number of aliphatic hydroxyl groups is 1. The average molecular weight is 268 g/mol. The fourth-order valence-electron chi connectivity index (χ4n) is 1.24. The Balaban J connectivity index is 2.53. The lowest BCUT2D eigenvalue weighted by atomic mass is 10.1.